The van der Waals surface area contributed by atoms with Crippen molar-refractivity contribution in [1.82, 2.24) is 19.4 Å². The number of methoxy groups -OCH3 is 2. The van der Waals surface area contributed by atoms with Gasteiger partial charge in [0.1, 0.15) is 5.82 Å². The van der Waals surface area contributed by atoms with Crippen LogP contribution in [0.15, 0.2) is 30.3 Å². The van der Waals surface area contributed by atoms with Crippen molar-refractivity contribution in [3.05, 3.63) is 41.5 Å². The van der Waals surface area contributed by atoms with Crippen molar-refractivity contribution in [2.45, 2.75) is 58.4 Å². The zero-order chi connectivity index (χ0) is 26.1. The lowest BCUT2D eigenvalue weighted by molar-refractivity contribution is 0.0828. The normalized spacial score (nSPS) is 18.7. The second-order valence-electron chi connectivity index (χ2n) is 11.5. The van der Waals surface area contributed by atoms with Gasteiger partial charge in [0.15, 0.2) is 11.5 Å². The third-order valence-electron chi connectivity index (χ3n) is 8.54. The first-order valence-electron chi connectivity index (χ1n) is 14.0. The number of hydrogen-bond acceptors (Lipinski definition) is 5. The predicted octanol–water partition coefficient (Wildman–Crippen LogP) is 5.87. The van der Waals surface area contributed by atoms with Gasteiger partial charge in [0, 0.05) is 25.2 Å². The Kier molecular flexibility index (Phi) is 7.77. The topological polar surface area (TPSA) is 42.8 Å². The molecule has 2 aliphatic heterocycles. The number of aryl methyl sites for hydroxylation is 2. The minimum Gasteiger partial charge on any atom is -0.493 e. The molecule has 5 rings (SSSR count). The Balaban J connectivity index is 1.30. The van der Waals surface area contributed by atoms with Gasteiger partial charge in [-0.3, -0.25) is 0 Å². The molecule has 0 unspecified atom stereocenters. The second kappa shape index (κ2) is 11.0. The maximum atomic E-state index is 5.54. The highest BCUT2D eigenvalue weighted by atomic mass is 16.5. The zero-order valence-electron chi connectivity index (χ0n) is 23.6. The zero-order valence-corrected chi connectivity index (χ0v) is 23.6. The van der Waals surface area contributed by atoms with Crippen LogP contribution in [0.1, 0.15) is 56.6 Å². The van der Waals surface area contributed by atoms with Crippen LogP contribution >= 0.6 is 0 Å². The van der Waals surface area contributed by atoms with Crippen molar-refractivity contribution in [3.8, 4) is 22.9 Å². The number of benzene rings is 2. The number of hydrogen-bond donors (Lipinski definition) is 0. The molecule has 0 N–H and O–H groups in total. The summed E-state index contributed by atoms with van der Waals surface area (Å²) in [5.74, 6) is 3.80. The molecule has 1 aromatic heterocycles. The lowest BCUT2D eigenvalue weighted by atomic mass is 9.87. The summed E-state index contributed by atoms with van der Waals surface area (Å²) >= 11 is 0. The molecule has 0 radical (unpaired) electrons. The van der Waals surface area contributed by atoms with Crippen LogP contribution in [-0.4, -0.2) is 72.3 Å². The highest BCUT2D eigenvalue weighted by Gasteiger charge is 2.29. The van der Waals surface area contributed by atoms with E-state index >= 15 is 0 Å². The summed E-state index contributed by atoms with van der Waals surface area (Å²) in [6.45, 7) is 13.1. The van der Waals surface area contributed by atoms with Crippen LogP contribution in [0.2, 0.25) is 0 Å². The van der Waals surface area contributed by atoms with E-state index in [1.807, 2.05) is 12.1 Å². The quantitative estimate of drug-likeness (QED) is 0.403. The summed E-state index contributed by atoms with van der Waals surface area (Å²) < 4.78 is 13.2. The first kappa shape index (κ1) is 26.1. The smallest absolute Gasteiger partial charge is 0.161 e. The Hall–Kier alpha value is -2.57. The summed E-state index contributed by atoms with van der Waals surface area (Å²) in [5.41, 5.74) is 6.06. The summed E-state index contributed by atoms with van der Waals surface area (Å²) in [5, 5.41) is 0. The van der Waals surface area contributed by atoms with Crippen LogP contribution in [0.3, 0.4) is 0 Å². The van der Waals surface area contributed by atoms with E-state index in [1.54, 1.807) is 14.2 Å². The number of imidazole rings is 1. The van der Waals surface area contributed by atoms with E-state index in [2.05, 4.69) is 60.4 Å². The molecule has 3 aromatic rings. The van der Waals surface area contributed by atoms with E-state index in [9.17, 15) is 0 Å². The van der Waals surface area contributed by atoms with Crippen LogP contribution in [-0.2, 0) is 7.05 Å². The first-order valence-corrected chi connectivity index (χ1v) is 14.0. The van der Waals surface area contributed by atoms with Gasteiger partial charge in [-0.1, -0.05) is 19.9 Å². The van der Waals surface area contributed by atoms with Gasteiger partial charge in [-0.05, 0) is 106 Å². The van der Waals surface area contributed by atoms with E-state index < -0.39 is 0 Å². The van der Waals surface area contributed by atoms with Crippen LogP contribution in [0.4, 0.5) is 0 Å². The van der Waals surface area contributed by atoms with Crippen molar-refractivity contribution in [1.29, 1.82) is 0 Å². The average Bonchev–Trinajstić information content (AvgIpc) is 3.25. The standard InChI is InChI=1S/C31H44N4O2/c1-21(2)20-34-13-11-26(12-14-34)35-15-9-23(10-16-35)25-17-22(3)30-27(18-25)33(4)31(32-30)24-7-8-28(36-5)29(19-24)37-6/h7-8,17-19,21,23,26H,9-16,20H2,1-6H3. The van der Waals surface area contributed by atoms with Crippen molar-refractivity contribution < 1.29 is 9.47 Å². The Morgan fingerprint density at radius 2 is 1.62 bits per heavy atom. The maximum absolute atomic E-state index is 5.54. The molecule has 6 nitrogen and oxygen atoms in total. The monoisotopic (exact) mass is 504 g/mol. The summed E-state index contributed by atoms with van der Waals surface area (Å²) in [6, 6.07) is 11.6. The van der Waals surface area contributed by atoms with Crippen molar-refractivity contribution in [3.63, 3.8) is 0 Å². The fourth-order valence-electron chi connectivity index (χ4n) is 6.53. The molecule has 2 aromatic carbocycles. The lowest BCUT2D eigenvalue weighted by Crippen LogP contribution is -2.48. The van der Waals surface area contributed by atoms with Crippen LogP contribution in [0.5, 0.6) is 11.5 Å². The van der Waals surface area contributed by atoms with Gasteiger partial charge in [0.2, 0.25) is 0 Å². The number of aromatic nitrogens is 2. The number of nitrogens with zero attached hydrogens (tertiary/aromatic N) is 4. The van der Waals surface area contributed by atoms with E-state index in [4.69, 9.17) is 14.5 Å². The molecule has 0 atom stereocenters. The number of fused-ring (bicyclic) bond motifs is 1. The highest BCUT2D eigenvalue weighted by Crippen LogP contribution is 2.36. The minimum atomic E-state index is 0.625. The Morgan fingerprint density at radius 3 is 2.27 bits per heavy atom. The SMILES string of the molecule is COc1ccc(-c2nc3c(C)cc(C4CCN(C5CCN(CC(C)C)CC5)CC4)cc3n2C)cc1OC. The van der Waals surface area contributed by atoms with Crippen LogP contribution < -0.4 is 9.47 Å². The maximum Gasteiger partial charge on any atom is 0.161 e. The van der Waals surface area contributed by atoms with Gasteiger partial charge >= 0.3 is 0 Å². The van der Waals surface area contributed by atoms with Crippen LogP contribution in [0.25, 0.3) is 22.4 Å². The summed E-state index contributed by atoms with van der Waals surface area (Å²) in [4.78, 5) is 10.5. The van der Waals surface area contributed by atoms with E-state index in [-0.39, 0.29) is 0 Å². The molecule has 0 amide bonds. The molecule has 2 fully saturated rings. The Morgan fingerprint density at radius 1 is 0.919 bits per heavy atom. The predicted molar refractivity (Wildman–Crippen MR) is 152 cm³/mol. The lowest BCUT2D eigenvalue weighted by Gasteiger charge is -2.42. The third-order valence-corrected chi connectivity index (χ3v) is 8.54. The second-order valence-corrected chi connectivity index (χ2v) is 11.5. The van der Waals surface area contributed by atoms with Crippen molar-refractivity contribution in [2.24, 2.45) is 13.0 Å². The molecule has 2 saturated heterocycles. The molecule has 0 bridgehead atoms. The summed E-state index contributed by atoms with van der Waals surface area (Å²) in [6.07, 6.45) is 5.15. The van der Waals surface area contributed by atoms with Gasteiger partial charge < -0.3 is 23.8 Å². The van der Waals surface area contributed by atoms with Crippen molar-refractivity contribution >= 4 is 11.0 Å². The van der Waals surface area contributed by atoms with Crippen molar-refractivity contribution in [2.75, 3.05) is 46.9 Å². The minimum absolute atomic E-state index is 0.625. The van der Waals surface area contributed by atoms with Gasteiger partial charge in [-0.15, -0.1) is 0 Å². The van der Waals surface area contributed by atoms with E-state index in [1.165, 1.54) is 75.1 Å². The Labute approximate surface area is 222 Å². The van der Waals surface area contributed by atoms with Gasteiger partial charge in [-0.2, -0.15) is 0 Å². The molecular formula is C31H44N4O2. The van der Waals surface area contributed by atoms with E-state index in [0.29, 0.717) is 5.92 Å². The molecule has 37 heavy (non-hydrogen) atoms. The number of ether oxygens (including phenoxy) is 2. The van der Waals surface area contributed by atoms with Crippen LogP contribution in [0, 0.1) is 12.8 Å². The van der Waals surface area contributed by atoms with Gasteiger partial charge in [0.25, 0.3) is 0 Å². The number of rotatable bonds is 7. The average molecular weight is 505 g/mol. The van der Waals surface area contributed by atoms with Gasteiger partial charge in [0.05, 0.1) is 25.3 Å². The molecule has 200 valence electrons. The highest BCUT2D eigenvalue weighted by molar-refractivity contribution is 5.84. The molecule has 2 aliphatic rings. The van der Waals surface area contributed by atoms with Gasteiger partial charge in [-0.25, -0.2) is 4.98 Å². The molecule has 0 spiro atoms. The molecule has 6 heteroatoms. The molecule has 3 heterocycles. The molecule has 0 saturated carbocycles. The fourth-order valence-corrected chi connectivity index (χ4v) is 6.53. The summed E-state index contributed by atoms with van der Waals surface area (Å²) in [7, 11) is 5.46. The number of piperidine rings is 2. The molecule has 0 aliphatic carbocycles. The fraction of sp³-hybridized carbons (Fsp3) is 0.581. The first-order chi connectivity index (χ1) is 17.9. The molecular weight excluding hydrogens is 460 g/mol. The van der Waals surface area contributed by atoms with E-state index in [0.717, 1.165) is 40.4 Å². The largest absolute Gasteiger partial charge is 0.493 e. The number of likely N-dealkylation sites (tertiary alicyclic amines) is 2. The third kappa shape index (κ3) is 5.37. The Bertz CT molecular complexity index is 1220.